The molecule has 1 aromatic heterocycles. The number of hydrogen-bond acceptors (Lipinski definition) is 2. The third-order valence-electron chi connectivity index (χ3n) is 1.80. The van der Waals surface area contributed by atoms with Gasteiger partial charge < -0.3 is 5.32 Å². The lowest BCUT2D eigenvalue weighted by molar-refractivity contribution is 0.646. The van der Waals surface area contributed by atoms with Gasteiger partial charge in [0, 0.05) is 6.54 Å². The van der Waals surface area contributed by atoms with E-state index in [0.29, 0.717) is 0 Å². The Morgan fingerprint density at radius 3 is 3.09 bits per heavy atom. The molecule has 4 heteroatoms. The molecule has 1 N–H and O–H groups in total. The highest BCUT2D eigenvalue weighted by atomic mass is 79.9. The van der Waals surface area contributed by atoms with Gasteiger partial charge in [0.15, 0.2) is 0 Å². The molecule has 2 rings (SSSR count). The van der Waals surface area contributed by atoms with Crippen LogP contribution in [0.4, 0.5) is 0 Å². The van der Waals surface area contributed by atoms with Crippen LogP contribution in [0, 0.1) is 0 Å². The molecule has 0 bridgehead atoms. The van der Waals surface area contributed by atoms with E-state index in [-0.39, 0.29) is 12.4 Å². The van der Waals surface area contributed by atoms with Crippen molar-refractivity contribution < 1.29 is 0 Å². The fraction of sp³-hybridized carbons (Fsp3) is 0.429. The van der Waals surface area contributed by atoms with Crippen molar-refractivity contribution in [1.82, 2.24) is 5.32 Å². The minimum Gasteiger partial charge on any atom is -0.312 e. The minimum atomic E-state index is 0. The van der Waals surface area contributed by atoms with Crippen molar-refractivity contribution >= 4 is 39.7 Å². The molecule has 0 aromatic carbocycles. The van der Waals surface area contributed by atoms with Gasteiger partial charge in [0.2, 0.25) is 0 Å². The Balaban J connectivity index is 0.000000605. The molecule has 0 spiro atoms. The zero-order valence-corrected chi connectivity index (χ0v) is 9.11. The Kier molecular flexibility index (Phi) is 3.37. The number of halogens is 2. The van der Waals surface area contributed by atoms with E-state index in [4.69, 9.17) is 0 Å². The Morgan fingerprint density at radius 1 is 1.55 bits per heavy atom. The summed E-state index contributed by atoms with van der Waals surface area (Å²) in [6.07, 6.45) is 1.18. The van der Waals surface area contributed by atoms with E-state index in [1.165, 1.54) is 21.3 Å². The maximum atomic E-state index is 3.54. The number of thiophene rings is 1. The van der Waals surface area contributed by atoms with Crippen LogP contribution in [-0.2, 0) is 13.0 Å². The largest absolute Gasteiger partial charge is 0.312 e. The maximum absolute atomic E-state index is 3.54. The van der Waals surface area contributed by atoms with E-state index < -0.39 is 0 Å². The van der Waals surface area contributed by atoms with Gasteiger partial charge >= 0.3 is 0 Å². The molecule has 11 heavy (non-hydrogen) atoms. The third-order valence-corrected chi connectivity index (χ3v) is 3.69. The molecular weight excluding hydrogens is 246 g/mol. The van der Waals surface area contributed by atoms with Crippen molar-refractivity contribution in [3.05, 3.63) is 20.3 Å². The Labute approximate surface area is 84.7 Å². The molecule has 0 amide bonds. The van der Waals surface area contributed by atoms with Gasteiger partial charge in [-0.15, -0.1) is 23.7 Å². The Morgan fingerprint density at radius 2 is 2.36 bits per heavy atom. The second-order valence-electron chi connectivity index (χ2n) is 2.44. The van der Waals surface area contributed by atoms with Crippen LogP contribution >= 0.6 is 39.7 Å². The lowest BCUT2D eigenvalue weighted by Crippen LogP contribution is -2.22. The van der Waals surface area contributed by atoms with Gasteiger partial charge in [0.05, 0.1) is 3.79 Å². The van der Waals surface area contributed by atoms with E-state index in [2.05, 4.69) is 26.6 Å². The highest BCUT2D eigenvalue weighted by Gasteiger charge is 2.12. The monoisotopic (exact) mass is 253 g/mol. The number of rotatable bonds is 0. The Bertz CT molecular complexity index is 249. The SMILES string of the molecule is Brc1scc2c1CCNC2.Cl. The van der Waals surface area contributed by atoms with Crippen LogP contribution in [0.3, 0.4) is 0 Å². The van der Waals surface area contributed by atoms with Crippen molar-refractivity contribution in [2.24, 2.45) is 0 Å². The topological polar surface area (TPSA) is 12.0 Å². The molecule has 1 aliphatic rings. The Hall–Kier alpha value is 0.430. The molecule has 1 aromatic rings. The van der Waals surface area contributed by atoms with Crippen molar-refractivity contribution in [1.29, 1.82) is 0 Å². The van der Waals surface area contributed by atoms with Crippen LogP contribution in [0.25, 0.3) is 0 Å². The summed E-state index contributed by atoms with van der Waals surface area (Å²) in [5.41, 5.74) is 2.99. The van der Waals surface area contributed by atoms with Gasteiger partial charge in [-0.1, -0.05) is 0 Å². The summed E-state index contributed by atoms with van der Waals surface area (Å²) in [6, 6.07) is 0. The predicted octanol–water partition coefficient (Wildman–Crippen LogP) is 2.58. The summed E-state index contributed by atoms with van der Waals surface area (Å²) < 4.78 is 1.32. The van der Waals surface area contributed by atoms with E-state index in [9.17, 15) is 0 Å². The zero-order chi connectivity index (χ0) is 6.97. The first-order valence-electron chi connectivity index (χ1n) is 3.33. The van der Waals surface area contributed by atoms with Gasteiger partial charge in [0.1, 0.15) is 0 Å². The van der Waals surface area contributed by atoms with E-state index >= 15 is 0 Å². The quantitative estimate of drug-likeness (QED) is 0.750. The fourth-order valence-corrected chi connectivity index (χ4v) is 2.81. The van der Waals surface area contributed by atoms with Crippen LogP contribution in [0.5, 0.6) is 0 Å². The zero-order valence-electron chi connectivity index (χ0n) is 5.89. The van der Waals surface area contributed by atoms with E-state index in [1.54, 1.807) is 11.3 Å². The molecule has 0 saturated carbocycles. The summed E-state index contributed by atoms with van der Waals surface area (Å²) in [5, 5.41) is 5.57. The number of hydrogen-bond donors (Lipinski definition) is 1. The lowest BCUT2D eigenvalue weighted by atomic mass is 10.1. The van der Waals surface area contributed by atoms with Gasteiger partial charge in [-0.25, -0.2) is 0 Å². The minimum absolute atomic E-state index is 0. The van der Waals surface area contributed by atoms with Crippen LogP contribution in [0.1, 0.15) is 11.1 Å². The normalized spacial score (nSPS) is 15.4. The van der Waals surface area contributed by atoms with Crippen LogP contribution < -0.4 is 5.32 Å². The van der Waals surface area contributed by atoms with Crippen LogP contribution in [-0.4, -0.2) is 6.54 Å². The predicted molar refractivity (Wildman–Crippen MR) is 54.7 cm³/mol. The van der Waals surface area contributed by atoms with Gasteiger partial charge in [-0.05, 0) is 45.4 Å². The molecule has 2 heterocycles. The third kappa shape index (κ3) is 1.78. The second kappa shape index (κ2) is 3.90. The molecule has 0 unspecified atom stereocenters. The molecule has 62 valence electrons. The van der Waals surface area contributed by atoms with Crippen molar-refractivity contribution in [2.75, 3.05) is 6.54 Å². The smallest absolute Gasteiger partial charge is 0.0734 e. The molecule has 0 atom stereocenters. The first-order valence-corrected chi connectivity index (χ1v) is 5.00. The highest BCUT2D eigenvalue weighted by Crippen LogP contribution is 2.29. The van der Waals surface area contributed by atoms with Crippen molar-refractivity contribution in [3.63, 3.8) is 0 Å². The summed E-state index contributed by atoms with van der Waals surface area (Å²) in [7, 11) is 0. The average molecular weight is 255 g/mol. The number of fused-ring (bicyclic) bond motifs is 1. The molecule has 1 nitrogen and oxygen atoms in total. The lowest BCUT2D eigenvalue weighted by Gasteiger charge is -2.12. The van der Waals surface area contributed by atoms with Gasteiger partial charge in [-0.3, -0.25) is 0 Å². The first kappa shape index (κ1) is 9.52. The van der Waals surface area contributed by atoms with Crippen LogP contribution in [0.15, 0.2) is 9.17 Å². The van der Waals surface area contributed by atoms with Gasteiger partial charge in [-0.2, -0.15) is 0 Å². The molecular formula is C7H9BrClNS. The number of nitrogens with one attached hydrogen (secondary N) is 1. The summed E-state index contributed by atoms with van der Waals surface area (Å²) >= 11 is 5.34. The highest BCUT2D eigenvalue weighted by molar-refractivity contribution is 9.11. The first-order chi connectivity index (χ1) is 4.88. The van der Waals surface area contributed by atoms with Gasteiger partial charge in [0.25, 0.3) is 0 Å². The molecule has 1 aliphatic heterocycles. The molecule has 0 aliphatic carbocycles. The maximum Gasteiger partial charge on any atom is 0.0734 e. The van der Waals surface area contributed by atoms with Crippen LogP contribution in [0.2, 0.25) is 0 Å². The second-order valence-corrected chi connectivity index (χ2v) is 4.64. The van der Waals surface area contributed by atoms with Crippen molar-refractivity contribution in [2.45, 2.75) is 13.0 Å². The summed E-state index contributed by atoms with van der Waals surface area (Å²) in [4.78, 5) is 0. The molecule has 0 fully saturated rings. The van der Waals surface area contributed by atoms with E-state index in [0.717, 1.165) is 13.1 Å². The standard InChI is InChI=1S/C7H8BrNS.ClH/c8-7-6-1-2-9-3-5(6)4-10-7;/h4,9H,1-3H2;1H. The summed E-state index contributed by atoms with van der Waals surface area (Å²) in [5.74, 6) is 0. The average Bonchev–Trinajstić information content (AvgIpc) is 2.34. The molecule has 0 saturated heterocycles. The van der Waals surface area contributed by atoms with Crippen molar-refractivity contribution in [3.8, 4) is 0 Å². The fourth-order valence-electron chi connectivity index (χ4n) is 1.23. The van der Waals surface area contributed by atoms with E-state index in [1.807, 2.05) is 0 Å². The molecule has 0 radical (unpaired) electrons. The summed E-state index contributed by atoms with van der Waals surface area (Å²) in [6.45, 7) is 2.18.